The number of allylic oxidation sites excluding steroid dienone is 2. The zero-order valence-corrected chi connectivity index (χ0v) is 21.7. The quantitative estimate of drug-likeness (QED) is 0.101. The first kappa shape index (κ1) is 28.3. The average Bonchev–Trinajstić information content (AvgIpc) is 2.85. The van der Waals surface area contributed by atoms with Gasteiger partial charge < -0.3 is 4.74 Å². The van der Waals surface area contributed by atoms with E-state index >= 15 is 0 Å². The van der Waals surface area contributed by atoms with Crippen LogP contribution in [0.25, 0.3) is 0 Å². The number of hydrogen-bond donors (Lipinski definition) is 0. The summed E-state index contributed by atoms with van der Waals surface area (Å²) in [6.07, 6.45) is 8.33. The van der Waals surface area contributed by atoms with Gasteiger partial charge >= 0.3 is 5.97 Å². The van der Waals surface area contributed by atoms with E-state index in [0.717, 1.165) is 62.5 Å². The highest BCUT2D eigenvalue weighted by molar-refractivity contribution is 6.03. The van der Waals surface area contributed by atoms with Crippen LogP contribution in [0.2, 0.25) is 0 Å². The maximum absolute atomic E-state index is 13.1. The van der Waals surface area contributed by atoms with Gasteiger partial charge in [0.05, 0.1) is 6.61 Å². The molecule has 0 atom stereocenters. The van der Waals surface area contributed by atoms with Gasteiger partial charge in [0.1, 0.15) is 11.2 Å². The molecule has 0 aliphatic carbocycles. The molecule has 0 aliphatic rings. The lowest BCUT2D eigenvalue weighted by atomic mass is 9.72. The van der Waals surface area contributed by atoms with Gasteiger partial charge in [-0.15, -0.1) is 0 Å². The van der Waals surface area contributed by atoms with Gasteiger partial charge in [-0.25, -0.2) is 0 Å². The second-order valence-electron chi connectivity index (χ2n) is 9.60. The number of hydrogen-bond acceptors (Lipinski definition) is 3. The molecule has 2 aromatic rings. The number of benzene rings is 2. The fourth-order valence-electron chi connectivity index (χ4n) is 4.60. The molecule has 0 fully saturated rings. The van der Waals surface area contributed by atoms with Crippen molar-refractivity contribution in [3.63, 3.8) is 0 Å². The Kier molecular flexibility index (Phi) is 12.2. The maximum atomic E-state index is 13.1. The topological polar surface area (TPSA) is 43.4 Å². The monoisotopic (exact) mass is 474 g/mol. The van der Waals surface area contributed by atoms with Crippen molar-refractivity contribution in [3.05, 3.63) is 96.1 Å². The first-order chi connectivity index (χ1) is 16.9. The Morgan fingerprint density at radius 3 is 1.54 bits per heavy atom. The van der Waals surface area contributed by atoms with Crippen molar-refractivity contribution in [2.45, 2.75) is 78.1 Å². The number of carbonyl (C=O) groups is 2. The number of rotatable bonds is 17. The lowest BCUT2D eigenvalue weighted by Gasteiger charge is -2.30. The zero-order chi connectivity index (χ0) is 25.5. The molecule has 0 amide bonds. The first-order valence-electron chi connectivity index (χ1n) is 13.0. The van der Waals surface area contributed by atoms with E-state index in [1.165, 1.54) is 18.1 Å². The van der Waals surface area contributed by atoms with E-state index in [-0.39, 0.29) is 12.4 Å². The highest BCUT2D eigenvalue weighted by Crippen LogP contribution is 2.38. The van der Waals surface area contributed by atoms with E-state index in [1.807, 2.05) is 12.1 Å². The van der Waals surface area contributed by atoms with Gasteiger partial charge in [0.15, 0.2) is 0 Å². The number of esters is 1. The van der Waals surface area contributed by atoms with E-state index in [2.05, 4.69) is 61.7 Å². The number of Topliss-reactive ketones (excluding diaryl/α,β-unsaturated/α-hetero) is 1. The summed E-state index contributed by atoms with van der Waals surface area (Å²) >= 11 is 0. The minimum atomic E-state index is -1.22. The lowest BCUT2D eigenvalue weighted by molar-refractivity contribution is -0.159. The van der Waals surface area contributed by atoms with Crippen molar-refractivity contribution in [2.24, 2.45) is 5.41 Å². The van der Waals surface area contributed by atoms with E-state index in [4.69, 9.17) is 4.74 Å². The van der Waals surface area contributed by atoms with Crippen LogP contribution < -0.4 is 0 Å². The van der Waals surface area contributed by atoms with Crippen molar-refractivity contribution in [3.8, 4) is 0 Å². The molecular formula is C32H42O3. The molecule has 3 heteroatoms. The molecule has 2 aromatic carbocycles. The summed E-state index contributed by atoms with van der Waals surface area (Å²) in [4.78, 5) is 26.0. The standard InChI is InChI=1S/C32H42O3/c1-5-35-31(34)32(28(4)33,24-26(2)16-12-14-22-29-18-8-6-9-19-29)25-27(3)17-13-15-23-30-20-10-7-11-21-30/h6-11,18-21H,2-3,5,12-17,22-25H2,1,4H3. The van der Waals surface area contributed by atoms with Gasteiger partial charge in [0.2, 0.25) is 0 Å². The zero-order valence-electron chi connectivity index (χ0n) is 21.7. The van der Waals surface area contributed by atoms with Gasteiger partial charge in [0.25, 0.3) is 0 Å². The van der Waals surface area contributed by atoms with Crippen LogP contribution in [0, 0.1) is 5.41 Å². The third kappa shape index (κ3) is 9.68. The van der Waals surface area contributed by atoms with Crippen LogP contribution in [-0.2, 0) is 27.2 Å². The fourth-order valence-corrected chi connectivity index (χ4v) is 4.60. The molecule has 0 radical (unpaired) electrons. The Labute approximate surface area is 212 Å². The molecule has 35 heavy (non-hydrogen) atoms. The van der Waals surface area contributed by atoms with Gasteiger partial charge in [-0.05, 0) is 89.2 Å². The minimum absolute atomic E-state index is 0.160. The van der Waals surface area contributed by atoms with E-state index in [1.54, 1.807) is 6.92 Å². The molecule has 0 aliphatic heterocycles. The third-order valence-corrected chi connectivity index (χ3v) is 6.62. The number of carbonyl (C=O) groups excluding carboxylic acids is 2. The Bertz CT molecular complexity index is 882. The highest BCUT2D eigenvalue weighted by atomic mass is 16.5. The second-order valence-corrected chi connectivity index (χ2v) is 9.60. The molecular weight excluding hydrogens is 432 g/mol. The normalized spacial score (nSPS) is 11.1. The summed E-state index contributed by atoms with van der Waals surface area (Å²) in [5.74, 6) is -0.602. The Morgan fingerprint density at radius 2 is 1.17 bits per heavy atom. The van der Waals surface area contributed by atoms with Crippen molar-refractivity contribution in [1.82, 2.24) is 0 Å². The third-order valence-electron chi connectivity index (χ3n) is 6.62. The van der Waals surface area contributed by atoms with Crippen LogP contribution >= 0.6 is 0 Å². The molecule has 3 nitrogen and oxygen atoms in total. The number of ketones is 1. The van der Waals surface area contributed by atoms with Crippen LogP contribution in [0.1, 0.15) is 76.3 Å². The Balaban J connectivity index is 1.92. The smallest absolute Gasteiger partial charge is 0.320 e. The molecule has 0 unspecified atom stereocenters. The van der Waals surface area contributed by atoms with Gasteiger partial charge in [0, 0.05) is 0 Å². The van der Waals surface area contributed by atoms with Crippen molar-refractivity contribution >= 4 is 11.8 Å². The van der Waals surface area contributed by atoms with Crippen LogP contribution in [0.5, 0.6) is 0 Å². The summed E-state index contributed by atoms with van der Waals surface area (Å²) < 4.78 is 5.40. The Morgan fingerprint density at radius 1 is 0.743 bits per heavy atom. The number of aryl methyl sites for hydroxylation is 2. The summed E-state index contributed by atoms with van der Waals surface area (Å²) in [5, 5.41) is 0. The predicted octanol–water partition coefficient (Wildman–Crippen LogP) is 7.84. The summed E-state index contributed by atoms with van der Waals surface area (Å²) in [5.41, 5.74) is 3.29. The molecule has 0 saturated heterocycles. The summed E-state index contributed by atoms with van der Waals surface area (Å²) in [6, 6.07) is 20.9. The molecule has 0 heterocycles. The molecule has 0 aromatic heterocycles. The Hall–Kier alpha value is -2.94. The SMILES string of the molecule is C=C(CCCCc1ccccc1)CC(CC(=C)CCCCc1ccccc1)(C(C)=O)C(=O)OCC. The molecule has 2 rings (SSSR count). The number of unbranched alkanes of at least 4 members (excludes halogenated alkanes) is 2. The molecule has 0 bridgehead atoms. The fraction of sp³-hybridized carbons (Fsp3) is 0.438. The molecule has 0 N–H and O–H groups in total. The average molecular weight is 475 g/mol. The van der Waals surface area contributed by atoms with Crippen LogP contribution in [0.4, 0.5) is 0 Å². The lowest BCUT2D eigenvalue weighted by Crippen LogP contribution is -2.40. The molecule has 0 saturated carbocycles. The van der Waals surface area contributed by atoms with Gasteiger partial charge in [-0.1, -0.05) is 85.0 Å². The van der Waals surface area contributed by atoms with E-state index in [0.29, 0.717) is 12.8 Å². The van der Waals surface area contributed by atoms with E-state index < -0.39 is 11.4 Å². The molecule has 188 valence electrons. The summed E-state index contributed by atoms with van der Waals surface area (Å²) in [6.45, 7) is 12.0. The molecule has 0 spiro atoms. The van der Waals surface area contributed by atoms with Crippen molar-refractivity contribution in [2.75, 3.05) is 6.61 Å². The van der Waals surface area contributed by atoms with E-state index in [9.17, 15) is 9.59 Å². The van der Waals surface area contributed by atoms with Crippen LogP contribution in [0.3, 0.4) is 0 Å². The van der Waals surface area contributed by atoms with Crippen LogP contribution in [0.15, 0.2) is 85.0 Å². The largest absolute Gasteiger partial charge is 0.465 e. The van der Waals surface area contributed by atoms with Gasteiger partial charge in [-0.2, -0.15) is 0 Å². The number of ether oxygens (including phenoxy) is 1. The first-order valence-corrected chi connectivity index (χ1v) is 13.0. The maximum Gasteiger partial charge on any atom is 0.320 e. The predicted molar refractivity (Wildman–Crippen MR) is 145 cm³/mol. The highest BCUT2D eigenvalue weighted by Gasteiger charge is 2.45. The second kappa shape index (κ2) is 15.1. The van der Waals surface area contributed by atoms with Crippen LogP contribution in [-0.4, -0.2) is 18.4 Å². The van der Waals surface area contributed by atoms with Crippen molar-refractivity contribution < 1.29 is 14.3 Å². The van der Waals surface area contributed by atoms with Gasteiger partial charge in [-0.3, -0.25) is 9.59 Å². The minimum Gasteiger partial charge on any atom is -0.465 e. The summed E-state index contributed by atoms with van der Waals surface area (Å²) in [7, 11) is 0. The van der Waals surface area contributed by atoms with Crippen molar-refractivity contribution in [1.29, 1.82) is 0 Å².